The van der Waals surface area contributed by atoms with Crippen LogP contribution >= 0.6 is 11.8 Å². The Balaban J connectivity index is 2.91. The Kier molecular flexibility index (Phi) is 2.40. The van der Waals surface area contributed by atoms with Gasteiger partial charge in [0.1, 0.15) is 5.54 Å². The number of hydrogen-bond donors (Lipinski definition) is 2. The van der Waals surface area contributed by atoms with Gasteiger partial charge in [0.2, 0.25) is 5.91 Å². The van der Waals surface area contributed by atoms with E-state index in [9.17, 15) is 4.79 Å². The summed E-state index contributed by atoms with van der Waals surface area (Å²) in [6, 6.07) is 0. The standard InChI is InChI=1S/C8H16N2OS/c1-7(2)5-12-4-3-8(7,10)6(9)11/h3-5,10H2,1-2H3,(H2,9,11). The number of thioether (sulfide) groups is 1. The number of amides is 1. The second-order valence-corrected chi connectivity index (χ2v) is 5.13. The zero-order valence-electron chi connectivity index (χ0n) is 7.59. The summed E-state index contributed by atoms with van der Waals surface area (Å²) in [6.07, 6.45) is 0.694. The summed E-state index contributed by atoms with van der Waals surface area (Å²) in [4.78, 5) is 11.2. The highest BCUT2D eigenvalue weighted by molar-refractivity contribution is 7.99. The van der Waals surface area contributed by atoms with Crippen molar-refractivity contribution in [3.63, 3.8) is 0 Å². The zero-order valence-corrected chi connectivity index (χ0v) is 8.41. The molecule has 1 unspecified atom stereocenters. The van der Waals surface area contributed by atoms with Crippen molar-refractivity contribution in [2.24, 2.45) is 16.9 Å². The van der Waals surface area contributed by atoms with E-state index in [0.717, 1.165) is 11.5 Å². The fraction of sp³-hybridized carbons (Fsp3) is 0.875. The van der Waals surface area contributed by atoms with Gasteiger partial charge in [-0.15, -0.1) is 0 Å². The average molecular weight is 188 g/mol. The topological polar surface area (TPSA) is 69.1 Å². The molecule has 1 rings (SSSR count). The third-order valence-electron chi connectivity index (χ3n) is 2.75. The molecule has 1 amide bonds. The van der Waals surface area contributed by atoms with E-state index in [1.807, 2.05) is 25.6 Å². The van der Waals surface area contributed by atoms with Crippen LogP contribution in [0.3, 0.4) is 0 Å². The molecule has 0 aromatic carbocycles. The van der Waals surface area contributed by atoms with E-state index in [0.29, 0.717) is 6.42 Å². The summed E-state index contributed by atoms with van der Waals surface area (Å²) >= 11 is 1.83. The first-order valence-electron chi connectivity index (χ1n) is 4.07. The molecule has 12 heavy (non-hydrogen) atoms. The number of carbonyl (C=O) groups excluding carboxylic acids is 1. The van der Waals surface area contributed by atoms with Crippen molar-refractivity contribution in [2.75, 3.05) is 11.5 Å². The molecule has 70 valence electrons. The van der Waals surface area contributed by atoms with Gasteiger partial charge in [-0.3, -0.25) is 4.79 Å². The fourth-order valence-corrected chi connectivity index (χ4v) is 2.86. The van der Waals surface area contributed by atoms with Crippen molar-refractivity contribution in [1.29, 1.82) is 0 Å². The van der Waals surface area contributed by atoms with Crippen LogP contribution in [0, 0.1) is 5.41 Å². The Hall–Kier alpha value is -0.220. The predicted octanol–water partition coefficient (Wildman–Crippen LogP) is 0.332. The maximum absolute atomic E-state index is 11.2. The molecule has 4 N–H and O–H groups in total. The Labute approximate surface area is 77.3 Å². The Morgan fingerprint density at radius 2 is 2.08 bits per heavy atom. The van der Waals surface area contributed by atoms with Gasteiger partial charge >= 0.3 is 0 Å². The van der Waals surface area contributed by atoms with Crippen molar-refractivity contribution < 1.29 is 4.79 Å². The van der Waals surface area contributed by atoms with Crippen molar-refractivity contribution in [3.05, 3.63) is 0 Å². The lowest BCUT2D eigenvalue weighted by Crippen LogP contribution is -2.64. The van der Waals surface area contributed by atoms with Crippen LogP contribution in [0.4, 0.5) is 0 Å². The first kappa shape index (κ1) is 9.86. The zero-order chi connectivity index (χ0) is 9.41. The molecule has 4 heteroatoms. The molecular weight excluding hydrogens is 172 g/mol. The van der Waals surface area contributed by atoms with Crippen molar-refractivity contribution in [1.82, 2.24) is 0 Å². The quantitative estimate of drug-likeness (QED) is 0.623. The lowest BCUT2D eigenvalue weighted by molar-refractivity contribution is -0.127. The van der Waals surface area contributed by atoms with Crippen LogP contribution in [-0.2, 0) is 4.79 Å². The Morgan fingerprint density at radius 1 is 1.50 bits per heavy atom. The van der Waals surface area contributed by atoms with Gasteiger partial charge in [0, 0.05) is 11.2 Å². The first-order valence-corrected chi connectivity index (χ1v) is 5.22. The van der Waals surface area contributed by atoms with Crippen molar-refractivity contribution >= 4 is 17.7 Å². The molecule has 0 saturated carbocycles. The van der Waals surface area contributed by atoms with Gasteiger partial charge in [-0.25, -0.2) is 0 Å². The second-order valence-electron chi connectivity index (χ2n) is 4.02. The molecule has 1 aliphatic heterocycles. The molecule has 0 aliphatic carbocycles. The van der Waals surface area contributed by atoms with Gasteiger partial charge in [-0.05, 0) is 12.2 Å². The third kappa shape index (κ3) is 1.33. The van der Waals surface area contributed by atoms with E-state index < -0.39 is 5.54 Å². The molecule has 0 radical (unpaired) electrons. The highest BCUT2D eigenvalue weighted by atomic mass is 32.2. The van der Waals surface area contributed by atoms with E-state index in [1.54, 1.807) is 0 Å². The van der Waals surface area contributed by atoms with Gasteiger partial charge in [0.05, 0.1) is 0 Å². The van der Waals surface area contributed by atoms with E-state index in [1.165, 1.54) is 0 Å². The van der Waals surface area contributed by atoms with Crippen LogP contribution in [0.2, 0.25) is 0 Å². The highest BCUT2D eigenvalue weighted by Crippen LogP contribution is 2.40. The molecule has 1 saturated heterocycles. The molecule has 3 nitrogen and oxygen atoms in total. The second kappa shape index (κ2) is 2.92. The van der Waals surface area contributed by atoms with E-state index >= 15 is 0 Å². The number of hydrogen-bond acceptors (Lipinski definition) is 3. The van der Waals surface area contributed by atoms with Gasteiger partial charge in [0.15, 0.2) is 0 Å². The molecule has 1 aliphatic rings. The van der Waals surface area contributed by atoms with E-state index in [4.69, 9.17) is 11.5 Å². The molecule has 1 fully saturated rings. The normalized spacial score (nSPS) is 34.6. The van der Waals surface area contributed by atoms with Crippen molar-refractivity contribution in [3.8, 4) is 0 Å². The number of rotatable bonds is 1. The van der Waals surface area contributed by atoms with E-state index in [-0.39, 0.29) is 11.3 Å². The van der Waals surface area contributed by atoms with Crippen LogP contribution in [-0.4, -0.2) is 23.0 Å². The van der Waals surface area contributed by atoms with Crippen LogP contribution in [0.1, 0.15) is 20.3 Å². The Bertz CT molecular complexity index is 205. The molecule has 1 heterocycles. The minimum atomic E-state index is -0.807. The predicted molar refractivity (Wildman–Crippen MR) is 51.8 cm³/mol. The smallest absolute Gasteiger partial charge is 0.238 e. The SMILES string of the molecule is CC1(C)CSCCC1(N)C(N)=O. The lowest BCUT2D eigenvalue weighted by Gasteiger charge is -2.44. The molecule has 0 bridgehead atoms. The summed E-state index contributed by atoms with van der Waals surface area (Å²) in [5, 5.41) is 0. The molecule has 0 spiro atoms. The van der Waals surface area contributed by atoms with Crippen LogP contribution < -0.4 is 11.5 Å². The lowest BCUT2D eigenvalue weighted by atomic mass is 9.71. The fourth-order valence-electron chi connectivity index (χ4n) is 1.48. The van der Waals surface area contributed by atoms with E-state index in [2.05, 4.69) is 0 Å². The summed E-state index contributed by atoms with van der Waals surface area (Å²) in [7, 11) is 0. The molecule has 1 atom stereocenters. The summed E-state index contributed by atoms with van der Waals surface area (Å²) in [6.45, 7) is 4.01. The monoisotopic (exact) mass is 188 g/mol. The van der Waals surface area contributed by atoms with Crippen LogP contribution in [0.5, 0.6) is 0 Å². The van der Waals surface area contributed by atoms with Crippen molar-refractivity contribution in [2.45, 2.75) is 25.8 Å². The minimum Gasteiger partial charge on any atom is -0.368 e. The van der Waals surface area contributed by atoms with Gasteiger partial charge in [-0.1, -0.05) is 13.8 Å². The molecular formula is C8H16N2OS. The maximum Gasteiger partial charge on any atom is 0.238 e. The Morgan fingerprint density at radius 3 is 2.42 bits per heavy atom. The molecule has 0 aromatic rings. The van der Waals surface area contributed by atoms with Crippen LogP contribution in [0.15, 0.2) is 0 Å². The number of carbonyl (C=O) groups is 1. The number of primary amides is 1. The number of nitrogens with two attached hydrogens (primary N) is 2. The summed E-state index contributed by atoms with van der Waals surface area (Å²) in [5.41, 5.74) is 10.3. The third-order valence-corrected chi connectivity index (χ3v) is 4.17. The average Bonchev–Trinajstić information content (AvgIpc) is 1.95. The molecule has 0 aromatic heterocycles. The largest absolute Gasteiger partial charge is 0.368 e. The van der Waals surface area contributed by atoms with Crippen LogP contribution in [0.25, 0.3) is 0 Å². The minimum absolute atomic E-state index is 0.179. The first-order chi connectivity index (χ1) is 5.40. The van der Waals surface area contributed by atoms with Gasteiger partial charge < -0.3 is 11.5 Å². The van der Waals surface area contributed by atoms with Gasteiger partial charge in [0.25, 0.3) is 0 Å². The summed E-state index contributed by atoms with van der Waals surface area (Å²) in [5.74, 6) is 1.47. The maximum atomic E-state index is 11.2. The highest BCUT2D eigenvalue weighted by Gasteiger charge is 2.48. The summed E-state index contributed by atoms with van der Waals surface area (Å²) < 4.78 is 0. The van der Waals surface area contributed by atoms with Gasteiger partial charge in [-0.2, -0.15) is 11.8 Å².